The maximum Gasteiger partial charge on any atom is 0.337 e. The number of nitrogens with one attached hydrogen (secondary N) is 1. The summed E-state index contributed by atoms with van der Waals surface area (Å²) in [6.07, 6.45) is 1.64. The lowest BCUT2D eigenvalue weighted by Gasteiger charge is -2.20. The number of aryl methyl sites for hydroxylation is 1. The zero-order chi connectivity index (χ0) is 23.7. The van der Waals surface area contributed by atoms with Crippen LogP contribution in [0.25, 0.3) is 0 Å². The van der Waals surface area contributed by atoms with E-state index in [0.717, 1.165) is 24.0 Å². The number of aromatic carboxylic acids is 1. The number of nitrogens with two attached hydrogens (primary N) is 1. The molecule has 8 heteroatoms. The van der Waals surface area contributed by atoms with E-state index in [1.807, 2.05) is 24.3 Å². The minimum Gasteiger partial charge on any atom is -0.478 e. The van der Waals surface area contributed by atoms with Gasteiger partial charge in [-0.3, -0.25) is 9.69 Å². The summed E-state index contributed by atoms with van der Waals surface area (Å²) in [6, 6.07) is 19.1. The number of rotatable bonds is 5. The highest BCUT2D eigenvalue weighted by Crippen LogP contribution is 2.21. The lowest BCUT2D eigenvalue weighted by atomic mass is 10.1. The van der Waals surface area contributed by atoms with Gasteiger partial charge in [0.2, 0.25) is 0 Å². The summed E-state index contributed by atoms with van der Waals surface area (Å²) in [5.41, 5.74) is 9.04. The molecule has 0 bridgehead atoms. The average molecular weight is 498 g/mol. The summed E-state index contributed by atoms with van der Waals surface area (Å²) < 4.78 is 0.712. The Hall–Kier alpha value is -3.65. The zero-order valence-electron chi connectivity index (χ0n) is 17.7. The van der Waals surface area contributed by atoms with Gasteiger partial charge in [-0.25, -0.2) is 9.59 Å². The third kappa shape index (κ3) is 6.68. The topological polar surface area (TPSA) is 113 Å². The average Bonchev–Trinajstić information content (AvgIpc) is 2.80. The maximum atomic E-state index is 12.3. The van der Waals surface area contributed by atoms with Crippen molar-refractivity contribution < 1.29 is 19.5 Å². The molecule has 0 atom stereocenters. The summed E-state index contributed by atoms with van der Waals surface area (Å²) in [4.78, 5) is 35.0. The minimum absolute atomic E-state index is 0.124. The lowest BCUT2D eigenvalue weighted by molar-refractivity contribution is 0.0697. The normalized spacial score (nSPS) is 9.84. The maximum absolute atomic E-state index is 12.3. The molecule has 32 heavy (non-hydrogen) atoms. The summed E-state index contributed by atoms with van der Waals surface area (Å²) in [5.74, 6) is -1.01. The standard InChI is InChI=1S/C17H18N2O2.C7H6BrNO2/c1-3-14-6-4-5-7-16(14)19(2)17(21)18-15-10-8-13(12-20)9-11-15;8-4-1-2-6(9)5(3-4)7(10)11/h4-12H,3H2,1-2H3,(H,18,21);1-3H,9H2,(H,10,11). The van der Waals surface area contributed by atoms with Crippen molar-refractivity contribution in [2.45, 2.75) is 13.3 Å². The van der Waals surface area contributed by atoms with Crippen molar-refractivity contribution >= 4 is 51.3 Å². The van der Waals surface area contributed by atoms with Crippen LogP contribution in [0.1, 0.15) is 33.2 Å². The summed E-state index contributed by atoms with van der Waals surface area (Å²) in [5, 5.41) is 11.4. The predicted octanol–water partition coefficient (Wildman–Crippen LogP) is 5.46. The van der Waals surface area contributed by atoms with Crippen molar-refractivity contribution in [3.8, 4) is 0 Å². The van der Waals surface area contributed by atoms with E-state index in [-0.39, 0.29) is 17.3 Å². The number of amides is 2. The zero-order valence-corrected chi connectivity index (χ0v) is 19.3. The Morgan fingerprint density at radius 1 is 1.09 bits per heavy atom. The molecule has 0 aliphatic carbocycles. The first-order valence-corrected chi connectivity index (χ1v) is 10.5. The molecule has 0 saturated heterocycles. The Morgan fingerprint density at radius 2 is 1.75 bits per heavy atom. The van der Waals surface area contributed by atoms with Gasteiger partial charge in [0.25, 0.3) is 0 Å². The number of carboxylic acid groups (broad SMARTS) is 1. The molecule has 3 aromatic carbocycles. The first-order chi connectivity index (χ1) is 15.3. The summed E-state index contributed by atoms with van der Waals surface area (Å²) in [6.45, 7) is 2.06. The minimum atomic E-state index is -1.01. The van der Waals surface area contributed by atoms with E-state index in [9.17, 15) is 14.4 Å². The molecule has 0 radical (unpaired) electrons. The molecular formula is C24H24BrN3O4. The Labute approximate surface area is 195 Å². The summed E-state index contributed by atoms with van der Waals surface area (Å²) in [7, 11) is 1.74. The van der Waals surface area contributed by atoms with Gasteiger partial charge in [-0.05, 0) is 60.5 Å². The first-order valence-electron chi connectivity index (χ1n) is 9.73. The van der Waals surface area contributed by atoms with Crippen LogP contribution in [0.5, 0.6) is 0 Å². The first kappa shape index (κ1) is 24.6. The molecule has 0 fully saturated rings. The molecule has 166 valence electrons. The highest BCUT2D eigenvalue weighted by atomic mass is 79.9. The fourth-order valence-electron chi connectivity index (χ4n) is 2.81. The fourth-order valence-corrected chi connectivity index (χ4v) is 3.17. The molecule has 0 unspecified atom stereocenters. The molecule has 0 aromatic heterocycles. The van der Waals surface area contributed by atoms with Gasteiger partial charge in [-0.1, -0.05) is 41.1 Å². The van der Waals surface area contributed by atoms with Gasteiger partial charge in [0.15, 0.2) is 0 Å². The number of carbonyl (C=O) groups excluding carboxylic acids is 2. The van der Waals surface area contributed by atoms with Crippen molar-refractivity contribution in [3.63, 3.8) is 0 Å². The number of carboxylic acids is 1. The molecule has 0 spiro atoms. The number of urea groups is 1. The van der Waals surface area contributed by atoms with Gasteiger partial charge in [-0.15, -0.1) is 0 Å². The van der Waals surface area contributed by atoms with E-state index >= 15 is 0 Å². The third-order valence-corrected chi connectivity index (χ3v) is 5.08. The highest BCUT2D eigenvalue weighted by Gasteiger charge is 2.13. The number of halogens is 1. The molecule has 0 heterocycles. The number of hydrogen-bond acceptors (Lipinski definition) is 4. The number of anilines is 3. The van der Waals surface area contributed by atoms with Gasteiger partial charge in [0, 0.05) is 34.1 Å². The van der Waals surface area contributed by atoms with Crippen molar-refractivity contribution in [3.05, 3.63) is 87.9 Å². The van der Waals surface area contributed by atoms with E-state index in [1.165, 1.54) is 6.07 Å². The molecule has 3 rings (SSSR count). The second-order valence-corrected chi connectivity index (χ2v) is 7.66. The van der Waals surface area contributed by atoms with Gasteiger partial charge in [0.05, 0.1) is 5.56 Å². The largest absolute Gasteiger partial charge is 0.478 e. The molecule has 2 amide bonds. The molecule has 3 aromatic rings. The molecule has 4 N–H and O–H groups in total. The van der Waals surface area contributed by atoms with Crippen LogP contribution < -0.4 is 16.0 Å². The second-order valence-electron chi connectivity index (χ2n) is 6.75. The molecule has 0 saturated carbocycles. The molecule has 7 nitrogen and oxygen atoms in total. The quantitative estimate of drug-likeness (QED) is 0.320. The van der Waals surface area contributed by atoms with Crippen LogP contribution in [0.3, 0.4) is 0 Å². The van der Waals surface area contributed by atoms with Gasteiger partial charge >= 0.3 is 12.0 Å². The number of nitrogens with zero attached hydrogens (tertiary/aromatic N) is 1. The van der Waals surface area contributed by atoms with E-state index < -0.39 is 5.97 Å². The van der Waals surface area contributed by atoms with Gasteiger partial charge < -0.3 is 16.2 Å². The number of benzene rings is 3. The number of aldehydes is 1. The fraction of sp³-hybridized carbons (Fsp3) is 0.125. The number of para-hydroxylation sites is 1. The number of carbonyl (C=O) groups is 3. The smallest absolute Gasteiger partial charge is 0.337 e. The van der Waals surface area contributed by atoms with E-state index in [2.05, 4.69) is 28.2 Å². The number of hydrogen-bond donors (Lipinski definition) is 3. The number of nitrogen functional groups attached to an aromatic ring is 1. The van der Waals surface area contributed by atoms with Crippen LogP contribution in [0.15, 0.2) is 71.2 Å². The van der Waals surface area contributed by atoms with Gasteiger partial charge in [-0.2, -0.15) is 0 Å². The SMILES string of the molecule is CCc1ccccc1N(C)C(=O)Nc1ccc(C=O)cc1.Nc1ccc(Br)cc1C(=O)O. The van der Waals surface area contributed by atoms with Crippen molar-refractivity contribution in [1.82, 2.24) is 0 Å². The predicted molar refractivity (Wildman–Crippen MR) is 131 cm³/mol. The van der Waals surface area contributed by atoms with Gasteiger partial charge in [0.1, 0.15) is 6.29 Å². The van der Waals surface area contributed by atoms with Crippen molar-refractivity contribution in [2.24, 2.45) is 0 Å². The van der Waals surface area contributed by atoms with E-state index in [4.69, 9.17) is 10.8 Å². The molecule has 0 aliphatic rings. The second kappa shape index (κ2) is 11.7. The van der Waals surface area contributed by atoms with Crippen molar-refractivity contribution in [2.75, 3.05) is 23.0 Å². The van der Waals surface area contributed by atoms with Crippen LogP contribution in [0.2, 0.25) is 0 Å². The lowest BCUT2D eigenvalue weighted by Crippen LogP contribution is -2.31. The van der Waals surface area contributed by atoms with Crippen LogP contribution >= 0.6 is 15.9 Å². The van der Waals surface area contributed by atoms with Crippen LogP contribution in [0.4, 0.5) is 21.9 Å². The monoisotopic (exact) mass is 497 g/mol. The van der Waals surface area contributed by atoms with Crippen LogP contribution in [-0.2, 0) is 6.42 Å². The van der Waals surface area contributed by atoms with Crippen LogP contribution in [0, 0.1) is 0 Å². The molecular weight excluding hydrogens is 474 g/mol. The van der Waals surface area contributed by atoms with Crippen LogP contribution in [-0.4, -0.2) is 30.4 Å². The third-order valence-electron chi connectivity index (χ3n) is 4.58. The van der Waals surface area contributed by atoms with Crippen molar-refractivity contribution in [1.29, 1.82) is 0 Å². The Morgan fingerprint density at radius 3 is 2.31 bits per heavy atom. The highest BCUT2D eigenvalue weighted by molar-refractivity contribution is 9.10. The summed E-state index contributed by atoms with van der Waals surface area (Å²) >= 11 is 3.15. The van der Waals surface area contributed by atoms with E-state index in [1.54, 1.807) is 48.3 Å². The molecule has 0 aliphatic heterocycles. The van der Waals surface area contributed by atoms with E-state index in [0.29, 0.717) is 15.7 Å². The Balaban J connectivity index is 0.000000278. The Kier molecular flexibility index (Phi) is 8.97. The Bertz CT molecular complexity index is 1100.